The van der Waals surface area contributed by atoms with Crippen molar-refractivity contribution in [2.24, 2.45) is 0 Å². The van der Waals surface area contributed by atoms with Gasteiger partial charge in [-0.2, -0.15) is 0 Å². The van der Waals surface area contributed by atoms with Crippen molar-refractivity contribution in [1.29, 1.82) is 0 Å². The maximum Gasteiger partial charge on any atom is 0.0959 e. The molecule has 0 fully saturated rings. The highest BCUT2D eigenvalue weighted by Gasteiger charge is 1.92. The molecule has 0 heterocycles. The molecule has 0 amide bonds. The van der Waals surface area contributed by atoms with Gasteiger partial charge in [0, 0.05) is 5.56 Å². The summed E-state index contributed by atoms with van der Waals surface area (Å²) in [5, 5.41) is 0. The first-order valence-electron chi connectivity index (χ1n) is 4.29. The average Bonchev–Trinajstić information content (AvgIpc) is 2.25. The lowest BCUT2D eigenvalue weighted by molar-refractivity contribution is 1.65. The van der Waals surface area contributed by atoms with Crippen LogP contribution in [0.2, 0.25) is 0 Å². The smallest absolute Gasteiger partial charge is 0.0959 e. The summed E-state index contributed by atoms with van der Waals surface area (Å²) in [6.45, 7) is 1.78. The predicted octanol–water partition coefficient (Wildman–Crippen LogP) is 4.06. The molecular formula is C13H8Br2. The van der Waals surface area contributed by atoms with E-state index in [0.29, 0.717) is 0 Å². The van der Waals surface area contributed by atoms with Gasteiger partial charge in [0.05, 0.1) is 8.96 Å². The highest BCUT2D eigenvalue weighted by Crippen LogP contribution is 2.18. The Morgan fingerprint density at radius 3 is 2.27 bits per heavy atom. The Kier molecular flexibility index (Phi) is 5.26. The van der Waals surface area contributed by atoms with Crippen molar-refractivity contribution >= 4 is 31.9 Å². The van der Waals surface area contributed by atoms with E-state index in [4.69, 9.17) is 0 Å². The van der Waals surface area contributed by atoms with E-state index in [1.54, 1.807) is 6.92 Å². The molecule has 1 aromatic rings. The van der Waals surface area contributed by atoms with Gasteiger partial charge in [-0.15, -0.1) is 5.92 Å². The number of hydrogen-bond acceptors (Lipinski definition) is 0. The molecule has 0 nitrogen and oxygen atoms in total. The van der Waals surface area contributed by atoms with Gasteiger partial charge in [-0.05, 0) is 50.9 Å². The van der Waals surface area contributed by atoms with Crippen LogP contribution in [-0.2, 0) is 0 Å². The third kappa shape index (κ3) is 4.38. The second-order valence-corrected chi connectivity index (χ2v) is 5.28. The minimum Gasteiger partial charge on any atom is -0.101 e. The molecule has 1 aromatic carbocycles. The largest absolute Gasteiger partial charge is 0.101 e. The summed E-state index contributed by atoms with van der Waals surface area (Å²) in [5.74, 6) is 11.8. The van der Waals surface area contributed by atoms with E-state index in [9.17, 15) is 0 Å². The number of benzene rings is 1. The minimum atomic E-state index is 0.751. The lowest BCUT2D eigenvalue weighted by atomic mass is 10.2. The molecule has 0 aliphatic rings. The highest BCUT2D eigenvalue weighted by atomic mass is 79.9. The molecule has 0 saturated carbocycles. The number of allylic oxidation sites excluding steroid dienone is 1. The summed E-state index contributed by atoms with van der Waals surface area (Å²) in [4.78, 5) is 0. The van der Waals surface area contributed by atoms with Crippen LogP contribution in [0.3, 0.4) is 0 Å². The Morgan fingerprint density at radius 1 is 1.07 bits per heavy atom. The summed E-state index contributed by atoms with van der Waals surface area (Å²) in [6, 6.07) is 9.82. The zero-order valence-corrected chi connectivity index (χ0v) is 11.3. The lowest BCUT2D eigenvalue weighted by Crippen LogP contribution is -1.75. The van der Waals surface area contributed by atoms with Gasteiger partial charge in [0.1, 0.15) is 0 Å². The molecule has 0 aromatic heterocycles. The molecule has 0 aliphatic heterocycles. The summed E-state index contributed by atoms with van der Waals surface area (Å²) in [5.41, 5.74) is 1.73. The first kappa shape index (κ1) is 12.1. The molecule has 0 unspecified atom stereocenters. The van der Waals surface area contributed by atoms with Crippen LogP contribution in [0.25, 0.3) is 0 Å². The first-order valence-corrected chi connectivity index (χ1v) is 5.87. The van der Waals surface area contributed by atoms with Gasteiger partial charge in [0.25, 0.3) is 0 Å². The molecule has 0 radical (unpaired) electrons. The van der Waals surface area contributed by atoms with E-state index in [0.717, 1.165) is 14.5 Å². The maximum atomic E-state index is 3.31. The van der Waals surface area contributed by atoms with Crippen LogP contribution >= 0.6 is 31.9 Å². The van der Waals surface area contributed by atoms with E-state index in [1.165, 1.54) is 0 Å². The Morgan fingerprint density at radius 2 is 1.73 bits per heavy atom. The van der Waals surface area contributed by atoms with Crippen molar-refractivity contribution in [1.82, 2.24) is 0 Å². The molecule has 1 rings (SSSR count). The number of hydrogen-bond donors (Lipinski definition) is 0. The zero-order valence-electron chi connectivity index (χ0n) is 8.14. The van der Waals surface area contributed by atoms with Gasteiger partial charge in [0.2, 0.25) is 0 Å². The Hall–Kier alpha value is -0.960. The third-order valence-corrected chi connectivity index (χ3v) is 2.34. The summed E-state index contributed by atoms with van der Waals surface area (Å²) >= 11 is 6.61. The standard InChI is InChI=1S/C13H8Br2/c1-2-6-12(13(14)15)10-9-11-7-4-3-5-8-11/h3-5,7-8H,1H3. The van der Waals surface area contributed by atoms with Gasteiger partial charge in [-0.3, -0.25) is 0 Å². The molecule has 0 aliphatic carbocycles. The van der Waals surface area contributed by atoms with Gasteiger partial charge in [-0.1, -0.05) is 36.0 Å². The summed E-state index contributed by atoms with van der Waals surface area (Å²) in [6.07, 6.45) is 0. The van der Waals surface area contributed by atoms with Gasteiger partial charge >= 0.3 is 0 Å². The fourth-order valence-electron chi connectivity index (χ4n) is 0.907. The van der Waals surface area contributed by atoms with Gasteiger partial charge in [0.15, 0.2) is 0 Å². The summed E-state index contributed by atoms with van der Waals surface area (Å²) in [7, 11) is 0. The first-order chi connectivity index (χ1) is 7.24. The average molecular weight is 324 g/mol. The van der Waals surface area contributed by atoms with E-state index >= 15 is 0 Å². The van der Waals surface area contributed by atoms with Crippen LogP contribution in [0.15, 0.2) is 39.3 Å². The molecule has 2 heteroatoms. The van der Waals surface area contributed by atoms with Crippen LogP contribution in [0, 0.1) is 23.7 Å². The number of halogens is 2. The fraction of sp³-hybridized carbons (Fsp3) is 0.0769. The highest BCUT2D eigenvalue weighted by molar-refractivity contribution is 9.28. The van der Waals surface area contributed by atoms with Crippen LogP contribution in [0.1, 0.15) is 12.5 Å². The normalized spacial score (nSPS) is 7.93. The minimum absolute atomic E-state index is 0.751. The predicted molar refractivity (Wildman–Crippen MR) is 71.7 cm³/mol. The zero-order chi connectivity index (χ0) is 11.1. The van der Waals surface area contributed by atoms with Crippen molar-refractivity contribution in [2.45, 2.75) is 6.92 Å². The van der Waals surface area contributed by atoms with Gasteiger partial charge in [-0.25, -0.2) is 0 Å². The van der Waals surface area contributed by atoms with E-state index in [1.807, 2.05) is 30.3 Å². The van der Waals surface area contributed by atoms with Crippen LogP contribution in [0.5, 0.6) is 0 Å². The molecule has 74 valence electrons. The van der Waals surface area contributed by atoms with Gasteiger partial charge < -0.3 is 0 Å². The summed E-state index contributed by atoms with van der Waals surface area (Å²) < 4.78 is 0.785. The quantitative estimate of drug-likeness (QED) is 0.631. The second-order valence-electron chi connectivity index (χ2n) is 2.63. The second kappa shape index (κ2) is 6.51. The van der Waals surface area contributed by atoms with Crippen LogP contribution < -0.4 is 0 Å². The Labute approximate surface area is 107 Å². The molecule has 0 bridgehead atoms. The molecule has 0 N–H and O–H groups in total. The Bertz CT molecular complexity index is 472. The molecule has 0 atom stereocenters. The molecular weight excluding hydrogens is 316 g/mol. The topological polar surface area (TPSA) is 0 Å². The van der Waals surface area contributed by atoms with Crippen molar-refractivity contribution in [3.63, 3.8) is 0 Å². The third-order valence-electron chi connectivity index (χ3n) is 1.54. The van der Waals surface area contributed by atoms with E-state index in [2.05, 4.69) is 55.5 Å². The van der Waals surface area contributed by atoms with E-state index in [-0.39, 0.29) is 0 Å². The lowest BCUT2D eigenvalue weighted by Gasteiger charge is -1.88. The molecule has 0 spiro atoms. The molecule has 15 heavy (non-hydrogen) atoms. The fourth-order valence-corrected chi connectivity index (χ4v) is 1.30. The van der Waals surface area contributed by atoms with Crippen molar-refractivity contribution in [3.05, 3.63) is 44.9 Å². The van der Waals surface area contributed by atoms with Crippen LogP contribution in [0.4, 0.5) is 0 Å². The van der Waals surface area contributed by atoms with Crippen LogP contribution in [-0.4, -0.2) is 0 Å². The monoisotopic (exact) mass is 322 g/mol. The van der Waals surface area contributed by atoms with Crippen molar-refractivity contribution in [2.75, 3.05) is 0 Å². The van der Waals surface area contributed by atoms with E-state index < -0.39 is 0 Å². The maximum absolute atomic E-state index is 3.31. The van der Waals surface area contributed by atoms with Crippen molar-refractivity contribution < 1.29 is 0 Å². The molecule has 0 saturated heterocycles. The van der Waals surface area contributed by atoms with Crippen molar-refractivity contribution in [3.8, 4) is 23.7 Å². The number of rotatable bonds is 0. The SMILES string of the molecule is CC#CC(C#Cc1ccccc1)=C(Br)Br. The Balaban J connectivity index is 2.98.